The van der Waals surface area contributed by atoms with Gasteiger partial charge in [-0.1, -0.05) is 28.1 Å². The predicted molar refractivity (Wildman–Crippen MR) is 74.1 cm³/mol. The molecule has 0 saturated carbocycles. The quantitative estimate of drug-likeness (QED) is 0.872. The summed E-state index contributed by atoms with van der Waals surface area (Å²) in [6.07, 6.45) is 1.75. The van der Waals surface area contributed by atoms with Crippen molar-refractivity contribution in [3.63, 3.8) is 0 Å². The van der Waals surface area contributed by atoms with Crippen molar-refractivity contribution in [2.24, 2.45) is 5.92 Å². The molecule has 3 nitrogen and oxygen atoms in total. The topological polar surface area (TPSA) is 38.3 Å². The minimum Gasteiger partial charge on any atom is -0.461 e. The van der Waals surface area contributed by atoms with Gasteiger partial charge in [-0.25, -0.2) is 0 Å². The number of carbonyl (C=O) groups excluding carboxylic acids is 1. The number of hydrogen-bond acceptors (Lipinski definition) is 3. The molecule has 0 bridgehead atoms. The first-order valence-corrected chi connectivity index (χ1v) is 7.09. The Balaban J connectivity index is 1.82. The summed E-state index contributed by atoms with van der Waals surface area (Å²) in [7, 11) is 0. The Kier molecular flexibility index (Phi) is 4.78. The van der Waals surface area contributed by atoms with Crippen molar-refractivity contribution in [3.05, 3.63) is 34.3 Å². The van der Waals surface area contributed by atoms with Crippen LogP contribution in [0.3, 0.4) is 0 Å². The van der Waals surface area contributed by atoms with Gasteiger partial charge in [-0.05, 0) is 44.0 Å². The van der Waals surface area contributed by atoms with Gasteiger partial charge < -0.3 is 10.1 Å². The van der Waals surface area contributed by atoms with E-state index in [9.17, 15) is 4.79 Å². The van der Waals surface area contributed by atoms with Gasteiger partial charge in [0, 0.05) is 10.5 Å². The molecule has 1 heterocycles. The molecule has 1 aromatic carbocycles. The molecule has 1 aliphatic heterocycles. The highest BCUT2D eigenvalue weighted by Gasteiger charge is 2.25. The minimum absolute atomic E-state index is 0.0525. The van der Waals surface area contributed by atoms with E-state index in [1.807, 2.05) is 24.3 Å². The van der Waals surface area contributed by atoms with E-state index >= 15 is 0 Å². The average Bonchev–Trinajstić information content (AvgIpc) is 2.38. The maximum Gasteiger partial charge on any atom is 0.309 e. The fraction of sp³-hybridized carbons (Fsp3) is 0.500. The molecule has 0 aliphatic carbocycles. The first kappa shape index (κ1) is 13.6. The third kappa shape index (κ3) is 3.82. The Morgan fingerprint density at radius 3 is 2.83 bits per heavy atom. The highest BCUT2D eigenvalue weighted by molar-refractivity contribution is 9.10. The molecule has 18 heavy (non-hydrogen) atoms. The largest absolute Gasteiger partial charge is 0.461 e. The SMILES string of the molecule is CC1CC(C(=O)OCc2ccc(Br)cc2)CCN1. The van der Waals surface area contributed by atoms with Crippen LogP contribution < -0.4 is 5.32 Å². The molecule has 0 aromatic heterocycles. The van der Waals surface area contributed by atoms with Crippen LogP contribution in [0.15, 0.2) is 28.7 Å². The van der Waals surface area contributed by atoms with Crippen molar-refractivity contribution >= 4 is 21.9 Å². The molecule has 98 valence electrons. The number of nitrogens with one attached hydrogen (secondary N) is 1. The van der Waals surface area contributed by atoms with E-state index < -0.39 is 0 Å². The lowest BCUT2D eigenvalue weighted by Gasteiger charge is -2.26. The number of carbonyl (C=O) groups is 1. The maximum atomic E-state index is 11.9. The lowest BCUT2D eigenvalue weighted by molar-refractivity contribution is -0.151. The molecular formula is C14H18BrNO2. The molecule has 0 radical (unpaired) electrons. The molecule has 1 N–H and O–H groups in total. The van der Waals surface area contributed by atoms with Gasteiger partial charge in [0.2, 0.25) is 0 Å². The second kappa shape index (κ2) is 6.34. The fourth-order valence-corrected chi connectivity index (χ4v) is 2.46. The van der Waals surface area contributed by atoms with Crippen LogP contribution in [-0.4, -0.2) is 18.6 Å². The van der Waals surface area contributed by atoms with E-state index in [0.717, 1.165) is 29.4 Å². The number of rotatable bonds is 3. The van der Waals surface area contributed by atoms with Crippen LogP contribution in [0.25, 0.3) is 0 Å². The van der Waals surface area contributed by atoms with Gasteiger partial charge in [0.15, 0.2) is 0 Å². The maximum absolute atomic E-state index is 11.9. The summed E-state index contributed by atoms with van der Waals surface area (Å²) < 4.78 is 6.41. The summed E-state index contributed by atoms with van der Waals surface area (Å²) in [6.45, 7) is 3.37. The number of ether oxygens (including phenoxy) is 1. The summed E-state index contributed by atoms with van der Waals surface area (Å²) in [5, 5.41) is 3.33. The first-order valence-electron chi connectivity index (χ1n) is 6.29. The van der Waals surface area contributed by atoms with E-state index in [4.69, 9.17) is 4.74 Å². The highest BCUT2D eigenvalue weighted by atomic mass is 79.9. The van der Waals surface area contributed by atoms with Crippen molar-refractivity contribution in [2.45, 2.75) is 32.4 Å². The van der Waals surface area contributed by atoms with Crippen LogP contribution in [0.5, 0.6) is 0 Å². The van der Waals surface area contributed by atoms with Crippen LogP contribution in [0.1, 0.15) is 25.3 Å². The van der Waals surface area contributed by atoms with Crippen molar-refractivity contribution in [1.82, 2.24) is 5.32 Å². The molecule has 1 fully saturated rings. The molecule has 1 aromatic rings. The number of hydrogen-bond donors (Lipinski definition) is 1. The summed E-state index contributed by atoms with van der Waals surface area (Å²) in [5.74, 6) is -0.0111. The molecule has 4 heteroatoms. The molecule has 2 rings (SSSR count). The predicted octanol–water partition coefficient (Wildman–Crippen LogP) is 2.88. The smallest absolute Gasteiger partial charge is 0.309 e. The van der Waals surface area contributed by atoms with Crippen molar-refractivity contribution in [3.8, 4) is 0 Å². The zero-order valence-electron chi connectivity index (χ0n) is 10.5. The molecule has 0 amide bonds. The Morgan fingerprint density at radius 1 is 1.44 bits per heavy atom. The van der Waals surface area contributed by atoms with E-state index in [0.29, 0.717) is 12.6 Å². The zero-order chi connectivity index (χ0) is 13.0. The van der Waals surface area contributed by atoms with Crippen LogP contribution >= 0.6 is 15.9 Å². The summed E-state index contributed by atoms with van der Waals surface area (Å²) in [4.78, 5) is 11.9. The molecule has 1 saturated heterocycles. The van der Waals surface area contributed by atoms with Crippen LogP contribution in [-0.2, 0) is 16.1 Å². The molecule has 0 spiro atoms. The number of piperidine rings is 1. The molecule has 2 unspecified atom stereocenters. The van der Waals surface area contributed by atoms with E-state index in [1.165, 1.54) is 0 Å². The molecule has 1 aliphatic rings. The van der Waals surface area contributed by atoms with Crippen LogP contribution in [0.4, 0.5) is 0 Å². The Morgan fingerprint density at radius 2 is 2.17 bits per heavy atom. The monoisotopic (exact) mass is 311 g/mol. The van der Waals surface area contributed by atoms with Gasteiger partial charge in [0.05, 0.1) is 5.92 Å². The first-order chi connectivity index (χ1) is 8.65. The molecular weight excluding hydrogens is 294 g/mol. The number of benzene rings is 1. The average molecular weight is 312 g/mol. The highest BCUT2D eigenvalue weighted by Crippen LogP contribution is 2.18. The number of halogens is 1. The molecule has 2 atom stereocenters. The zero-order valence-corrected chi connectivity index (χ0v) is 12.1. The standard InChI is InChI=1S/C14H18BrNO2/c1-10-8-12(6-7-16-10)14(17)18-9-11-2-4-13(15)5-3-11/h2-5,10,12,16H,6-9H2,1H3. The lowest BCUT2D eigenvalue weighted by Crippen LogP contribution is -2.39. The van der Waals surface area contributed by atoms with Crippen molar-refractivity contribution < 1.29 is 9.53 Å². The number of esters is 1. The third-order valence-electron chi connectivity index (χ3n) is 3.25. The minimum atomic E-state index is -0.0636. The fourth-order valence-electron chi connectivity index (χ4n) is 2.20. The van der Waals surface area contributed by atoms with Gasteiger partial charge in [0.25, 0.3) is 0 Å². The van der Waals surface area contributed by atoms with Gasteiger partial charge in [-0.3, -0.25) is 4.79 Å². The lowest BCUT2D eigenvalue weighted by atomic mass is 9.93. The van der Waals surface area contributed by atoms with Gasteiger partial charge in [0.1, 0.15) is 6.61 Å². The van der Waals surface area contributed by atoms with Crippen molar-refractivity contribution in [2.75, 3.05) is 6.54 Å². The van der Waals surface area contributed by atoms with Crippen LogP contribution in [0.2, 0.25) is 0 Å². The van der Waals surface area contributed by atoms with Gasteiger partial charge in [-0.15, -0.1) is 0 Å². The van der Waals surface area contributed by atoms with Crippen molar-refractivity contribution in [1.29, 1.82) is 0 Å². The summed E-state index contributed by atoms with van der Waals surface area (Å²) in [5.41, 5.74) is 1.02. The summed E-state index contributed by atoms with van der Waals surface area (Å²) in [6, 6.07) is 8.24. The Bertz CT molecular complexity index is 405. The summed E-state index contributed by atoms with van der Waals surface area (Å²) >= 11 is 3.38. The third-order valence-corrected chi connectivity index (χ3v) is 3.78. The van der Waals surface area contributed by atoms with Crippen LogP contribution in [0, 0.1) is 5.92 Å². The Labute approximate surface area is 116 Å². The Hall–Kier alpha value is -0.870. The van der Waals surface area contributed by atoms with E-state index in [-0.39, 0.29) is 11.9 Å². The normalized spacial score (nSPS) is 23.7. The second-order valence-corrected chi connectivity index (χ2v) is 5.73. The van der Waals surface area contributed by atoms with E-state index in [1.54, 1.807) is 0 Å². The van der Waals surface area contributed by atoms with Gasteiger partial charge in [-0.2, -0.15) is 0 Å². The van der Waals surface area contributed by atoms with Gasteiger partial charge >= 0.3 is 5.97 Å². The second-order valence-electron chi connectivity index (χ2n) is 4.81. The van der Waals surface area contributed by atoms with E-state index in [2.05, 4.69) is 28.2 Å².